The molecule has 1 saturated heterocycles. The second kappa shape index (κ2) is 4.72. The van der Waals surface area contributed by atoms with Gasteiger partial charge in [0.25, 0.3) is 0 Å². The first-order valence-corrected chi connectivity index (χ1v) is 6.32. The van der Waals surface area contributed by atoms with Crippen molar-refractivity contribution in [1.82, 2.24) is 0 Å². The maximum Gasteiger partial charge on any atom is 0.338 e. The minimum Gasteiger partial charge on any atom is -0.466 e. The van der Waals surface area contributed by atoms with Gasteiger partial charge >= 0.3 is 11.9 Å². The molecule has 0 spiro atoms. The maximum atomic E-state index is 12.0. The Labute approximate surface area is 112 Å². The second-order valence-electron chi connectivity index (χ2n) is 5.10. The van der Waals surface area contributed by atoms with Crippen molar-refractivity contribution in [2.24, 2.45) is 5.41 Å². The normalized spacial score (nSPS) is 26.6. The van der Waals surface area contributed by atoms with Gasteiger partial charge in [-0.1, -0.05) is 6.92 Å². The van der Waals surface area contributed by atoms with E-state index in [0.717, 1.165) is 0 Å². The smallest absolute Gasteiger partial charge is 0.338 e. The van der Waals surface area contributed by atoms with Gasteiger partial charge in [0.2, 0.25) is 0 Å². The molecule has 0 aromatic rings. The Bertz CT molecular complexity index is 500. The number of hydrogen-bond donors (Lipinski definition) is 0. The van der Waals surface area contributed by atoms with E-state index in [1.54, 1.807) is 20.8 Å². The Morgan fingerprint density at radius 1 is 1.37 bits per heavy atom. The van der Waals surface area contributed by atoms with Gasteiger partial charge in [-0.15, -0.1) is 0 Å². The molecule has 0 bridgehead atoms. The zero-order chi connectivity index (χ0) is 14.2. The van der Waals surface area contributed by atoms with E-state index in [1.165, 1.54) is 0 Å². The Balaban J connectivity index is 2.41. The van der Waals surface area contributed by atoms with Crippen molar-refractivity contribution in [1.29, 1.82) is 0 Å². The fourth-order valence-electron chi connectivity index (χ4n) is 2.61. The summed E-state index contributed by atoms with van der Waals surface area (Å²) < 4.78 is 15.7. The SMILES string of the molecule is CCOC(=O)C1=C(C)OC(C)=C2C(=O)OCC2(C)C1. The highest BCUT2D eigenvalue weighted by atomic mass is 16.5. The van der Waals surface area contributed by atoms with Gasteiger partial charge < -0.3 is 14.2 Å². The van der Waals surface area contributed by atoms with Crippen LogP contribution in [0, 0.1) is 5.41 Å². The first-order valence-electron chi connectivity index (χ1n) is 6.32. The number of cyclic esters (lactones) is 1. The van der Waals surface area contributed by atoms with Crippen LogP contribution in [0.1, 0.15) is 34.1 Å². The summed E-state index contributed by atoms with van der Waals surface area (Å²) in [5.74, 6) is 0.237. The number of carbonyl (C=O) groups excluding carboxylic acids is 2. The Hall–Kier alpha value is -1.78. The van der Waals surface area contributed by atoms with Crippen LogP contribution in [0.15, 0.2) is 22.7 Å². The van der Waals surface area contributed by atoms with Crippen molar-refractivity contribution in [2.75, 3.05) is 13.2 Å². The summed E-state index contributed by atoms with van der Waals surface area (Å²) in [5, 5.41) is 0. The summed E-state index contributed by atoms with van der Waals surface area (Å²) in [5.41, 5.74) is 0.462. The Kier molecular flexibility index (Phi) is 3.39. The number of esters is 2. The Morgan fingerprint density at radius 3 is 2.68 bits per heavy atom. The lowest BCUT2D eigenvalue weighted by Crippen LogP contribution is -2.23. The van der Waals surface area contributed by atoms with Crippen LogP contribution in [-0.2, 0) is 23.8 Å². The van der Waals surface area contributed by atoms with E-state index in [9.17, 15) is 9.59 Å². The van der Waals surface area contributed by atoms with Crippen LogP contribution in [0.5, 0.6) is 0 Å². The van der Waals surface area contributed by atoms with E-state index in [1.807, 2.05) is 6.92 Å². The monoisotopic (exact) mass is 266 g/mol. The number of rotatable bonds is 2. The van der Waals surface area contributed by atoms with Gasteiger partial charge in [0.1, 0.15) is 18.1 Å². The van der Waals surface area contributed by atoms with E-state index in [-0.39, 0.29) is 12.6 Å². The summed E-state index contributed by atoms with van der Waals surface area (Å²) in [7, 11) is 0. The minimum absolute atomic E-state index is 0.262. The number of carbonyl (C=O) groups is 2. The number of hydrogen-bond acceptors (Lipinski definition) is 5. The minimum atomic E-state index is -0.527. The number of fused-ring (bicyclic) bond motifs is 1. The van der Waals surface area contributed by atoms with Crippen LogP contribution in [0.25, 0.3) is 0 Å². The van der Waals surface area contributed by atoms with E-state index in [2.05, 4.69) is 0 Å². The third kappa shape index (κ3) is 2.25. The van der Waals surface area contributed by atoms with Crippen LogP contribution < -0.4 is 0 Å². The molecule has 104 valence electrons. The molecule has 5 heteroatoms. The highest BCUT2D eigenvalue weighted by Crippen LogP contribution is 2.45. The molecule has 2 heterocycles. The topological polar surface area (TPSA) is 61.8 Å². The quantitative estimate of drug-likeness (QED) is 0.716. The van der Waals surface area contributed by atoms with Crippen molar-refractivity contribution in [2.45, 2.75) is 34.1 Å². The zero-order valence-corrected chi connectivity index (χ0v) is 11.7. The van der Waals surface area contributed by atoms with Crippen LogP contribution in [0.3, 0.4) is 0 Å². The van der Waals surface area contributed by atoms with Crippen molar-refractivity contribution in [3.8, 4) is 0 Å². The van der Waals surface area contributed by atoms with Gasteiger partial charge in [-0.3, -0.25) is 0 Å². The average molecular weight is 266 g/mol. The molecule has 2 rings (SSSR count). The van der Waals surface area contributed by atoms with Gasteiger partial charge in [-0.2, -0.15) is 0 Å². The molecule has 0 amide bonds. The van der Waals surface area contributed by atoms with E-state index in [4.69, 9.17) is 14.2 Å². The predicted molar refractivity (Wildman–Crippen MR) is 66.8 cm³/mol. The molecule has 0 aromatic carbocycles. The van der Waals surface area contributed by atoms with Gasteiger partial charge in [0, 0.05) is 5.41 Å². The van der Waals surface area contributed by atoms with Crippen LogP contribution in [0.2, 0.25) is 0 Å². The first-order chi connectivity index (χ1) is 8.89. The Morgan fingerprint density at radius 2 is 2.05 bits per heavy atom. The molecule has 2 aliphatic rings. The third-order valence-electron chi connectivity index (χ3n) is 3.50. The molecule has 0 radical (unpaired) electrons. The molecular formula is C14H18O5. The number of ether oxygens (including phenoxy) is 3. The van der Waals surface area contributed by atoms with E-state index in [0.29, 0.717) is 35.7 Å². The lowest BCUT2D eigenvalue weighted by Gasteiger charge is -2.21. The third-order valence-corrected chi connectivity index (χ3v) is 3.50. The first kappa shape index (κ1) is 13.6. The molecule has 5 nitrogen and oxygen atoms in total. The molecule has 1 fully saturated rings. The fraction of sp³-hybridized carbons (Fsp3) is 0.571. The zero-order valence-electron chi connectivity index (χ0n) is 11.7. The van der Waals surface area contributed by atoms with Crippen molar-refractivity contribution < 1.29 is 23.8 Å². The molecule has 0 aromatic heterocycles. The van der Waals surface area contributed by atoms with E-state index >= 15 is 0 Å². The van der Waals surface area contributed by atoms with Crippen molar-refractivity contribution in [3.05, 3.63) is 22.7 Å². The summed E-state index contributed by atoms with van der Waals surface area (Å²) in [6.45, 7) is 7.66. The summed E-state index contributed by atoms with van der Waals surface area (Å²) >= 11 is 0. The highest BCUT2D eigenvalue weighted by molar-refractivity contribution is 5.95. The van der Waals surface area contributed by atoms with Crippen molar-refractivity contribution in [3.63, 3.8) is 0 Å². The molecule has 1 atom stereocenters. The number of allylic oxidation sites excluding steroid dienone is 2. The average Bonchev–Trinajstić information content (AvgIpc) is 2.57. The summed E-state index contributed by atoms with van der Waals surface area (Å²) in [4.78, 5) is 23.8. The molecule has 0 N–H and O–H groups in total. The lowest BCUT2D eigenvalue weighted by atomic mass is 9.78. The van der Waals surface area contributed by atoms with Gasteiger partial charge in [-0.05, 0) is 27.2 Å². The largest absolute Gasteiger partial charge is 0.466 e. The van der Waals surface area contributed by atoms with Gasteiger partial charge in [0.15, 0.2) is 0 Å². The van der Waals surface area contributed by atoms with Gasteiger partial charge in [0.05, 0.1) is 17.8 Å². The molecular weight excluding hydrogens is 248 g/mol. The summed E-state index contributed by atoms with van der Waals surface area (Å²) in [6, 6.07) is 0. The van der Waals surface area contributed by atoms with Gasteiger partial charge in [-0.25, -0.2) is 9.59 Å². The summed E-state index contributed by atoms with van der Waals surface area (Å²) in [6.07, 6.45) is 0.385. The molecule has 0 aliphatic carbocycles. The van der Waals surface area contributed by atoms with Crippen LogP contribution in [-0.4, -0.2) is 25.2 Å². The maximum absolute atomic E-state index is 12.0. The molecule has 1 unspecified atom stereocenters. The second-order valence-corrected chi connectivity index (χ2v) is 5.10. The van der Waals surface area contributed by atoms with Crippen LogP contribution in [0.4, 0.5) is 0 Å². The van der Waals surface area contributed by atoms with Crippen LogP contribution >= 0.6 is 0 Å². The molecule has 19 heavy (non-hydrogen) atoms. The fourth-order valence-corrected chi connectivity index (χ4v) is 2.61. The predicted octanol–water partition coefficient (Wildman–Crippen LogP) is 2.08. The lowest BCUT2D eigenvalue weighted by molar-refractivity contribution is -0.139. The molecule has 2 aliphatic heterocycles. The molecule has 0 saturated carbocycles. The van der Waals surface area contributed by atoms with E-state index < -0.39 is 11.4 Å². The van der Waals surface area contributed by atoms with Crippen molar-refractivity contribution >= 4 is 11.9 Å². The standard InChI is InChI=1S/C14H18O5/c1-5-17-12(15)10-6-14(4)7-18-13(16)11(14)9(3)19-8(10)2/h5-7H2,1-4H3. The highest BCUT2D eigenvalue weighted by Gasteiger charge is 2.47.